The van der Waals surface area contributed by atoms with Gasteiger partial charge < -0.3 is 16.0 Å². The van der Waals surface area contributed by atoms with E-state index >= 15 is 0 Å². The van der Waals surface area contributed by atoms with E-state index < -0.39 is 0 Å². The molecule has 1 aliphatic rings. The molecule has 0 bridgehead atoms. The Bertz CT molecular complexity index is 984. The van der Waals surface area contributed by atoms with Crippen molar-refractivity contribution in [2.75, 3.05) is 16.0 Å². The van der Waals surface area contributed by atoms with Gasteiger partial charge in [-0.05, 0) is 49.2 Å². The second-order valence-corrected chi connectivity index (χ2v) is 7.56. The predicted molar refractivity (Wildman–Crippen MR) is 120 cm³/mol. The van der Waals surface area contributed by atoms with Gasteiger partial charge in [0, 0.05) is 48.4 Å². The summed E-state index contributed by atoms with van der Waals surface area (Å²) in [6.45, 7) is 1.49. The number of hydrogen-bond acceptors (Lipinski definition) is 6. The third-order valence-electron chi connectivity index (χ3n) is 5.12. The average Bonchev–Trinajstić information content (AvgIpc) is 2.76. The number of hydrogen-bond donors (Lipinski definition) is 3. The van der Waals surface area contributed by atoms with Crippen molar-refractivity contribution in [3.63, 3.8) is 0 Å². The van der Waals surface area contributed by atoms with Crippen LogP contribution in [0.25, 0.3) is 11.3 Å². The van der Waals surface area contributed by atoms with Crippen molar-refractivity contribution in [1.29, 1.82) is 0 Å². The fourth-order valence-electron chi connectivity index (χ4n) is 3.66. The minimum atomic E-state index is -0.0908. The van der Waals surface area contributed by atoms with Crippen LogP contribution < -0.4 is 16.0 Å². The fraction of sp³-hybridized carbons (Fsp3) is 0.304. The van der Waals surface area contributed by atoms with Gasteiger partial charge in [0.15, 0.2) is 0 Å². The molecule has 7 nitrogen and oxygen atoms in total. The molecule has 3 N–H and O–H groups in total. The van der Waals surface area contributed by atoms with Crippen molar-refractivity contribution in [3.8, 4) is 11.3 Å². The molecule has 3 aromatic rings. The fourth-order valence-corrected chi connectivity index (χ4v) is 3.66. The molecule has 1 aliphatic carbocycles. The van der Waals surface area contributed by atoms with Gasteiger partial charge in [0.05, 0.1) is 5.69 Å². The lowest BCUT2D eigenvalue weighted by atomic mass is 9.96. The summed E-state index contributed by atoms with van der Waals surface area (Å²) in [7, 11) is 0. The monoisotopic (exact) mass is 402 g/mol. The van der Waals surface area contributed by atoms with Crippen LogP contribution in [-0.2, 0) is 4.79 Å². The lowest BCUT2D eigenvalue weighted by molar-refractivity contribution is -0.114. The largest absolute Gasteiger partial charge is 0.351 e. The van der Waals surface area contributed by atoms with E-state index in [1.807, 2.05) is 42.5 Å². The van der Waals surface area contributed by atoms with E-state index in [1.54, 1.807) is 12.4 Å². The summed E-state index contributed by atoms with van der Waals surface area (Å²) in [6, 6.07) is 13.8. The maximum absolute atomic E-state index is 11.2. The Hall–Kier alpha value is -3.48. The molecular weight excluding hydrogens is 376 g/mol. The average molecular weight is 403 g/mol. The molecule has 0 unspecified atom stereocenters. The number of nitrogens with zero attached hydrogens (tertiary/aromatic N) is 3. The zero-order valence-corrected chi connectivity index (χ0v) is 17.1. The molecule has 0 radical (unpaired) electrons. The number of carbonyl (C=O) groups excluding carboxylic acids is 1. The van der Waals surface area contributed by atoms with Crippen LogP contribution in [0, 0.1) is 0 Å². The second-order valence-electron chi connectivity index (χ2n) is 7.56. The minimum Gasteiger partial charge on any atom is -0.351 e. The quantitative estimate of drug-likeness (QED) is 0.538. The van der Waals surface area contributed by atoms with Crippen molar-refractivity contribution >= 4 is 29.0 Å². The third-order valence-corrected chi connectivity index (χ3v) is 5.12. The summed E-state index contributed by atoms with van der Waals surface area (Å²) in [5.41, 5.74) is 3.46. The second kappa shape index (κ2) is 9.35. The molecule has 154 valence electrons. The normalized spacial score (nSPS) is 14.2. The van der Waals surface area contributed by atoms with Gasteiger partial charge >= 0.3 is 0 Å². The highest BCUT2D eigenvalue weighted by molar-refractivity contribution is 5.88. The molecule has 0 aliphatic heterocycles. The van der Waals surface area contributed by atoms with Crippen LogP contribution in [0.3, 0.4) is 0 Å². The van der Waals surface area contributed by atoms with E-state index in [1.165, 1.54) is 26.2 Å². The maximum atomic E-state index is 11.2. The molecule has 0 saturated heterocycles. The zero-order chi connectivity index (χ0) is 20.8. The molecule has 2 heterocycles. The summed E-state index contributed by atoms with van der Waals surface area (Å²) >= 11 is 0. The number of anilines is 4. The summed E-state index contributed by atoms with van der Waals surface area (Å²) in [5.74, 6) is 1.25. The Labute approximate surface area is 176 Å². The highest BCUT2D eigenvalue weighted by Crippen LogP contribution is 2.26. The van der Waals surface area contributed by atoms with Crippen molar-refractivity contribution < 1.29 is 4.79 Å². The van der Waals surface area contributed by atoms with E-state index in [-0.39, 0.29) is 5.91 Å². The molecule has 1 saturated carbocycles. The van der Waals surface area contributed by atoms with Crippen LogP contribution in [0.5, 0.6) is 0 Å². The summed E-state index contributed by atoms with van der Waals surface area (Å²) in [6.07, 6.45) is 9.61. The Balaban J connectivity index is 1.59. The molecule has 2 aromatic heterocycles. The number of carbonyl (C=O) groups is 1. The molecule has 4 rings (SSSR count). The van der Waals surface area contributed by atoms with Crippen LogP contribution in [0.4, 0.5) is 23.1 Å². The summed E-state index contributed by atoms with van der Waals surface area (Å²) < 4.78 is 0. The van der Waals surface area contributed by atoms with E-state index in [2.05, 4.69) is 20.9 Å². The number of benzene rings is 1. The molecule has 1 amide bonds. The summed E-state index contributed by atoms with van der Waals surface area (Å²) in [5, 5.41) is 9.65. The van der Waals surface area contributed by atoms with Crippen molar-refractivity contribution in [2.45, 2.75) is 45.1 Å². The van der Waals surface area contributed by atoms with Crippen LogP contribution >= 0.6 is 0 Å². The van der Waals surface area contributed by atoms with Crippen molar-refractivity contribution in [3.05, 3.63) is 54.9 Å². The van der Waals surface area contributed by atoms with E-state index in [4.69, 9.17) is 9.97 Å². The zero-order valence-electron chi connectivity index (χ0n) is 17.1. The lowest BCUT2D eigenvalue weighted by Gasteiger charge is -2.23. The first-order valence-corrected chi connectivity index (χ1v) is 10.4. The van der Waals surface area contributed by atoms with Gasteiger partial charge in [0.25, 0.3) is 0 Å². The molecule has 1 fully saturated rings. The Morgan fingerprint density at radius 2 is 1.63 bits per heavy atom. The maximum Gasteiger partial charge on any atom is 0.225 e. The van der Waals surface area contributed by atoms with Gasteiger partial charge in [-0.2, -0.15) is 4.98 Å². The first-order valence-electron chi connectivity index (χ1n) is 10.4. The first-order chi connectivity index (χ1) is 14.7. The van der Waals surface area contributed by atoms with Crippen LogP contribution in [-0.4, -0.2) is 26.9 Å². The summed E-state index contributed by atoms with van der Waals surface area (Å²) in [4.78, 5) is 24.8. The van der Waals surface area contributed by atoms with E-state index in [0.717, 1.165) is 35.5 Å². The molecular formula is C23H26N6O. The van der Waals surface area contributed by atoms with Gasteiger partial charge in [-0.3, -0.25) is 9.78 Å². The number of amides is 1. The highest BCUT2D eigenvalue weighted by Gasteiger charge is 2.15. The molecule has 7 heteroatoms. The molecule has 1 aromatic carbocycles. The van der Waals surface area contributed by atoms with Gasteiger partial charge in [0.2, 0.25) is 11.9 Å². The number of aromatic nitrogens is 3. The first kappa shape index (κ1) is 19.8. The van der Waals surface area contributed by atoms with Gasteiger partial charge in [-0.1, -0.05) is 19.3 Å². The molecule has 0 atom stereocenters. The standard InChI is InChI=1S/C23H26N6O/c1-16(30)25-19-7-9-20(10-8-19)26-22-15-21(17-11-13-24-14-12-17)28-23(29-22)27-18-5-3-2-4-6-18/h7-15,18H,2-6H2,1H3,(H,25,30)(H2,26,27,28,29). The van der Waals surface area contributed by atoms with E-state index in [0.29, 0.717) is 17.8 Å². The van der Waals surface area contributed by atoms with Crippen LogP contribution in [0.1, 0.15) is 39.0 Å². The SMILES string of the molecule is CC(=O)Nc1ccc(Nc2cc(-c3ccncc3)nc(NC3CCCCC3)n2)cc1. The topological polar surface area (TPSA) is 91.8 Å². The van der Waals surface area contributed by atoms with E-state index in [9.17, 15) is 4.79 Å². The van der Waals surface area contributed by atoms with Crippen LogP contribution in [0.15, 0.2) is 54.9 Å². The van der Waals surface area contributed by atoms with Gasteiger partial charge in [-0.15, -0.1) is 0 Å². The lowest BCUT2D eigenvalue weighted by Crippen LogP contribution is -2.23. The number of pyridine rings is 1. The Kier molecular flexibility index (Phi) is 6.17. The van der Waals surface area contributed by atoms with Crippen molar-refractivity contribution in [1.82, 2.24) is 15.0 Å². The predicted octanol–water partition coefficient (Wildman–Crippen LogP) is 4.99. The minimum absolute atomic E-state index is 0.0908. The molecule has 0 spiro atoms. The number of rotatable bonds is 6. The van der Waals surface area contributed by atoms with Crippen molar-refractivity contribution in [2.24, 2.45) is 0 Å². The van der Waals surface area contributed by atoms with Gasteiger partial charge in [-0.25, -0.2) is 4.98 Å². The number of nitrogens with one attached hydrogen (secondary N) is 3. The molecule has 30 heavy (non-hydrogen) atoms. The smallest absolute Gasteiger partial charge is 0.225 e. The van der Waals surface area contributed by atoms with Gasteiger partial charge in [0.1, 0.15) is 5.82 Å². The third kappa shape index (κ3) is 5.31. The van der Waals surface area contributed by atoms with Crippen LogP contribution in [0.2, 0.25) is 0 Å². The Morgan fingerprint density at radius 1 is 0.933 bits per heavy atom. The highest BCUT2D eigenvalue weighted by atomic mass is 16.1. The Morgan fingerprint density at radius 3 is 2.33 bits per heavy atom.